The molecule has 14 heteroatoms. The van der Waals surface area contributed by atoms with E-state index in [1.54, 1.807) is 4.90 Å². The Labute approximate surface area is 173 Å². The molecule has 0 aromatic carbocycles. The van der Waals surface area contributed by atoms with Gasteiger partial charge in [-0.1, -0.05) is 0 Å². The van der Waals surface area contributed by atoms with Crippen LogP contribution in [-0.2, 0) is 20.5 Å². The van der Waals surface area contributed by atoms with Crippen LogP contribution in [0.15, 0.2) is 12.1 Å². The van der Waals surface area contributed by atoms with Crippen LogP contribution < -0.4 is 15.5 Å². The number of fused-ring (bicyclic) bond motifs is 1. The molecule has 1 aliphatic rings. The molecule has 1 unspecified atom stereocenters. The van der Waals surface area contributed by atoms with E-state index in [9.17, 15) is 27.6 Å². The fourth-order valence-corrected chi connectivity index (χ4v) is 3.07. The van der Waals surface area contributed by atoms with Crippen LogP contribution >= 0.6 is 0 Å². The number of alkyl halides is 3. The minimum Gasteiger partial charge on any atom is -0.452 e. The number of amides is 3. The molecule has 3 heterocycles. The van der Waals surface area contributed by atoms with E-state index in [1.807, 2.05) is 5.32 Å². The normalized spacial score (nSPS) is 16.1. The first-order valence-corrected chi connectivity index (χ1v) is 9.38. The van der Waals surface area contributed by atoms with Crippen molar-refractivity contribution in [3.05, 3.63) is 18.0 Å². The number of nitrogens with one attached hydrogen (secondary N) is 2. The number of carbonyl (C=O) groups excluding carboxylic acids is 3. The summed E-state index contributed by atoms with van der Waals surface area (Å²) in [5.74, 6) is -2.75. The molecule has 3 amide bonds. The van der Waals surface area contributed by atoms with Gasteiger partial charge in [-0.05, 0) is 31.9 Å². The zero-order valence-electron chi connectivity index (χ0n) is 16.6. The first-order valence-electron chi connectivity index (χ1n) is 9.38. The van der Waals surface area contributed by atoms with Crippen LogP contribution in [-0.4, -0.2) is 64.0 Å². The van der Waals surface area contributed by atoms with Gasteiger partial charge >= 0.3 is 18.2 Å². The summed E-state index contributed by atoms with van der Waals surface area (Å²) in [6.45, 7) is 2.04. The first-order chi connectivity index (χ1) is 14.6. The highest BCUT2D eigenvalue weighted by atomic mass is 19.4. The van der Waals surface area contributed by atoms with Crippen LogP contribution in [0.4, 0.5) is 23.8 Å². The minimum absolute atomic E-state index is 0.0291. The van der Waals surface area contributed by atoms with E-state index in [1.165, 1.54) is 26.1 Å². The molecule has 11 nitrogen and oxygen atoms in total. The Hall–Kier alpha value is -3.45. The fourth-order valence-electron chi connectivity index (χ4n) is 3.07. The van der Waals surface area contributed by atoms with Gasteiger partial charge in [0, 0.05) is 20.1 Å². The molecule has 31 heavy (non-hydrogen) atoms. The summed E-state index contributed by atoms with van der Waals surface area (Å²) < 4.78 is 44.9. The number of halogens is 3. The molecule has 1 saturated heterocycles. The number of nitrogens with zero attached hydrogens (tertiary/aromatic N) is 5. The highest BCUT2D eigenvalue weighted by Gasteiger charge is 2.38. The molecule has 0 aliphatic carbocycles. The topological polar surface area (TPSA) is 131 Å². The second kappa shape index (κ2) is 8.73. The predicted molar refractivity (Wildman–Crippen MR) is 98.9 cm³/mol. The van der Waals surface area contributed by atoms with E-state index < -0.39 is 41.9 Å². The fraction of sp³-hybridized carbons (Fsp3) is 0.529. The Balaban J connectivity index is 1.60. The van der Waals surface area contributed by atoms with Crippen LogP contribution in [0.3, 0.4) is 0 Å². The average Bonchev–Trinajstić information content (AvgIpc) is 3.17. The summed E-state index contributed by atoms with van der Waals surface area (Å²) in [7, 11) is 1.34. The van der Waals surface area contributed by atoms with E-state index in [2.05, 4.69) is 20.6 Å². The Morgan fingerprint density at radius 1 is 1.19 bits per heavy atom. The Bertz CT molecular complexity index is 986. The Kier molecular flexibility index (Phi) is 6.27. The number of imide groups is 1. The van der Waals surface area contributed by atoms with Crippen molar-refractivity contribution < 1.29 is 32.3 Å². The van der Waals surface area contributed by atoms with Crippen LogP contribution in [0.1, 0.15) is 25.6 Å². The highest BCUT2D eigenvalue weighted by molar-refractivity contribution is 5.97. The molecule has 1 aliphatic heterocycles. The summed E-state index contributed by atoms with van der Waals surface area (Å²) in [6, 6.07) is 2.21. The number of rotatable bonds is 4. The van der Waals surface area contributed by atoms with Gasteiger partial charge in [-0.2, -0.15) is 17.7 Å². The van der Waals surface area contributed by atoms with Gasteiger partial charge in [-0.25, -0.2) is 4.79 Å². The Morgan fingerprint density at radius 2 is 1.87 bits per heavy atom. The SMILES string of the molecule is CNC(=O)NC(=O)C(C)OC(=O)C1CCN(c2ccc3nnc(C(F)(F)F)n3n2)CC1. The summed E-state index contributed by atoms with van der Waals surface area (Å²) in [5.41, 5.74) is -0.0291. The van der Waals surface area contributed by atoms with Gasteiger partial charge < -0.3 is 15.0 Å². The minimum atomic E-state index is -4.69. The third-order valence-electron chi connectivity index (χ3n) is 4.78. The maximum Gasteiger partial charge on any atom is 0.453 e. The molecule has 1 atom stereocenters. The van der Waals surface area contributed by atoms with Crippen molar-refractivity contribution in [2.75, 3.05) is 25.0 Å². The van der Waals surface area contributed by atoms with Gasteiger partial charge in [-0.3, -0.25) is 14.9 Å². The second-order valence-corrected chi connectivity index (χ2v) is 6.89. The average molecular weight is 443 g/mol. The third-order valence-corrected chi connectivity index (χ3v) is 4.78. The van der Waals surface area contributed by atoms with Crippen molar-refractivity contribution in [3.8, 4) is 0 Å². The van der Waals surface area contributed by atoms with Crippen LogP contribution in [0.5, 0.6) is 0 Å². The number of anilines is 1. The van der Waals surface area contributed by atoms with Crippen LogP contribution in [0.25, 0.3) is 5.65 Å². The van der Waals surface area contributed by atoms with Gasteiger partial charge in [0.05, 0.1) is 5.92 Å². The maximum absolute atomic E-state index is 13.0. The lowest BCUT2D eigenvalue weighted by Crippen LogP contribution is -2.44. The lowest BCUT2D eigenvalue weighted by Gasteiger charge is -2.32. The Morgan fingerprint density at radius 3 is 2.48 bits per heavy atom. The summed E-state index contributed by atoms with van der Waals surface area (Å²) in [4.78, 5) is 37.0. The predicted octanol–water partition coefficient (Wildman–Crippen LogP) is 0.747. The van der Waals surface area contributed by atoms with Crippen molar-refractivity contribution in [1.82, 2.24) is 30.4 Å². The van der Waals surface area contributed by atoms with E-state index in [4.69, 9.17) is 4.74 Å². The molecule has 1 fully saturated rings. The number of carbonyl (C=O) groups is 3. The molecular weight excluding hydrogens is 423 g/mol. The van der Waals surface area contributed by atoms with Crippen molar-refractivity contribution in [1.29, 1.82) is 0 Å². The number of aromatic nitrogens is 4. The summed E-state index contributed by atoms with van der Waals surface area (Å²) in [5, 5.41) is 14.8. The highest BCUT2D eigenvalue weighted by Crippen LogP contribution is 2.29. The third kappa shape index (κ3) is 5.00. The van der Waals surface area contributed by atoms with Gasteiger partial charge in [0.1, 0.15) is 5.82 Å². The number of hydrogen-bond acceptors (Lipinski definition) is 8. The molecule has 0 radical (unpaired) electrons. The number of ether oxygens (including phenoxy) is 1. The molecule has 0 saturated carbocycles. The lowest BCUT2D eigenvalue weighted by molar-refractivity contribution is -0.159. The largest absolute Gasteiger partial charge is 0.453 e. The van der Waals surface area contributed by atoms with Gasteiger partial charge in [0.25, 0.3) is 11.7 Å². The molecule has 0 spiro atoms. The van der Waals surface area contributed by atoms with Crippen molar-refractivity contribution in [2.45, 2.75) is 32.0 Å². The smallest absolute Gasteiger partial charge is 0.452 e. The monoisotopic (exact) mass is 443 g/mol. The number of piperidine rings is 1. The van der Waals surface area contributed by atoms with E-state index in [-0.39, 0.29) is 5.65 Å². The summed E-state index contributed by atoms with van der Waals surface area (Å²) >= 11 is 0. The molecule has 3 rings (SSSR count). The van der Waals surface area contributed by atoms with Crippen molar-refractivity contribution in [2.24, 2.45) is 5.92 Å². The number of hydrogen-bond donors (Lipinski definition) is 2. The zero-order valence-corrected chi connectivity index (χ0v) is 16.6. The quantitative estimate of drug-likeness (QED) is 0.662. The van der Waals surface area contributed by atoms with E-state index in [0.717, 1.165) is 0 Å². The van der Waals surface area contributed by atoms with Crippen LogP contribution in [0, 0.1) is 5.92 Å². The van der Waals surface area contributed by atoms with Crippen molar-refractivity contribution in [3.63, 3.8) is 0 Å². The van der Waals surface area contributed by atoms with E-state index >= 15 is 0 Å². The van der Waals surface area contributed by atoms with Gasteiger partial charge in [0.15, 0.2) is 11.8 Å². The molecule has 2 aromatic rings. The lowest BCUT2D eigenvalue weighted by atomic mass is 9.97. The molecule has 2 N–H and O–H groups in total. The van der Waals surface area contributed by atoms with Gasteiger partial charge in [-0.15, -0.1) is 15.3 Å². The zero-order chi connectivity index (χ0) is 22.8. The standard InChI is InChI=1S/C17H20F3N7O4/c1-9(13(28)22-16(30)21-2)31-14(29)10-5-7-26(8-6-10)12-4-3-11-23-24-15(17(18,19)20)27(11)25-12/h3-4,9-10H,5-8H2,1-2H3,(H2,21,22,28,30). The molecule has 168 valence electrons. The van der Waals surface area contributed by atoms with Gasteiger partial charge in [0.2, 0.25) is 0 Å². The van der Waals surface area contributed by atoms with Crippen molar-refractivity contribution >= 4 is 29.4 Å². The summed E-state index contributed by atoms with van der Waals surface area (Å²) in [6.07, 6.45) is -5.13. The maximum atomic E-state index is 13.0. The molecular formula is C17H20F3N7O4. The van der Waals surface area contributed by atoms with E-state index in [0.29, 0.717) is 36.3 Å². The molecule has 2 aromatic heterocycles. The van der Waals surface area contributed by atoms with Crippen LogP contribution in [0.2, 0.25) is 0 Å². The second-order valence-electron chi connectivity index (χ2n) is 6.89. The number of urea groups is 1. The molecule has 0 bridgehead atoms. The number of esters is 1. The first kappa shape index (κ1) is 22.2.